The standard InChI is InChI=1S/C10H19F3N2O2/c1-2-3-8(14)6-9(17)15(4-5-16)7-10(11,12)13/h8,16H,2-7,14H2,1H3. The van der Waals surface area contributed by atoms with Gasteiger partial charge in [0.1, 0.15) is 6.54 Å². The van der Waals surface area contributed by atoms with Crippen LogP contribution in [0.4, 0.5) is 13.2 Å². The molecule has 0 rings (SSSR count). The van der Waals surface area contributed by atoms with Crippen LogP contribution < -0.4 is 5.73 Å². The summed E-state index contributed by atoms with van der Waals surface area (Å²) >= 11 is 0. The molecule has 0 aromatic heterocycles. The molecule has 0 aliphatic carbocycles. The summed E-state index contributed by atoms with van der Waals surface area (Å²) in [7, 11) is 0. The average Bonchev–Trinajstić information content (AvgIpc) is 2.15. The summed E-state index contributed by atoms with van der Waals surface area (Å²) in [5.74, 6) is -0.669. The highest BCUT2D eigenvalue weighted by atomic mass is 19.4. The molecule has 1 amide bonds. The van der Waals surface area contributed by atoms with Gasteiger partial charge in [-0.1, -0.05) is 13.3 Å². The molecule has 1 unspecified atom stereocenters. The van der Waals surface area contributed by atoms with Crippen LogP contribution in [0.2, 0.25) is 0 Å². The van der Waals surface area contributed by atoms with Crippen molar-refractivity contribution in [2.75, 3.05) is 19.7 Å². The molecule has 102 valence electrons. The molecule has 3 N–H and O–H groups in total. The summed E-state index contributed by atoms with van der Waals surface area (Å²) in [5, 5.41) is 8.63. The minimum atomic E-state index is -4.46. The summed E-state index contributed by atoms with van der Waals surface area (Å²) in [6, 6.07) is -0.429. The molecule has 4 nitrogen and oxygen atoms in total. The molecule has 0 aromatic carbocycles. The molecule has 0 saturated carbocycles. The topological polar surface area (TPSA) is 66.6 Å². The van der Waals surface area contributed by atoms with Gasteiger partial charge in [0.05, 0.1) is 6.61 Å². The van der Waals surface area contributed by atoms with E-state index in [2.05, 4.69) is 0 Å². The first kappa shape index (κ1) is 16.2. The number of nitrogens with zero attached hydrogens (tertiary/aromatic N) is 1. The van der Waals surface area contributed by atoms with Gasteiger partial charge in [0.2, 0.25) is 5.91 Å². The second-order valence-corrected chi connectivity index (χ2v) is 3.91. The fourth-order valence-corrected chi connectivity index (χ4v) is 1.46. The number of aliphatic hydroxyl groups is 1. The van der Waals surface area contributed by atoms with Crippen LogP contribution in [0.5, 0.6) is 0 Å². The monoisotopic (exact) mass is 256 g/mol. The normalized spacial score (nSPS) is 13.5. The maximum atomic E-state index is 12.2. The fraction of sp³-hybridized carbons (Fsp3) is 0.900. The molecule has 7 heteroatoms. The Balaban J connectivity index is 4.33. The van der Waals surface area contributed by atoms with Crippen LogP contribution in [0.25, 0.3) is 0 Å². The van der Waals surface area contributed by atoms with Gasteiger partial charge in [-0.25, -0.2) is 0 Å². The summed E-state index contributed by atoms with van der Waals surface area (Å²) in [6.07, 6.45) is -3.22. The van der Waals surface area contributed by atoms with E-state index in [4.69, 9.17) is 10.8 Å². The van der Waals surface area contributed by atoms with Crippen LogP contribution in [0.1, 0.15) is 26.2 Å². The molecule has 0 heterocycles. The van der Waals surface area contributed by atoms with E-state index in [0.29, 0.717) is 11.3 Å². The third-order valence-electron chi connectivity index (χ3n) is 2.19. The molecule has 0 fully saturated rings. The molecule has 0 radical (unpaired) electrons. The van der Waals surface area contributed by atoms with Crippen LogP contribution in [0, 0.1) is 0 Å². The van der Waals surface area contributed by atoms with Gasteiger partial charge in [-0.2, -0.15) is 13.2 Å². The molecule has 1 atom stereocenters. The minimum absolute atomic E-state index is 0.121. The predicted octanol–water partition coefficient (Wildman–Crippen LogP) is 0.887. The van der Waals surface area contributed by atoms with Gasteiger partial charge < -0.3 is 15.7 Å². The molecule has 0 aromatic rings. The van der Waals surface area contributed by atoms with E-state index in [1.54, 1.807) is 0 Å². The van der Waals surface area contributed by atoms with Crippen molar-refractivity contribution in [3.8, 4) is 0 Å². The molecule has 0 bridgehead atoms. The lowest BCUT2D eigenvalue weighted by atomic mass is 10.1. The maximum absolute atomic E-state index is 12.2. The quantitative estimate of drug-likeness (QED) is 0.711. The zero-order valence-electron chi connectivity index (χ0n) is 9.83. The van der Waals surface area contributed by atoms with Crippen LogP contribution >= 0.6 is 0 Å². The van der Waals surface area contributed by atoms with Crippen LogP contribution in [0.3, 0.4) is 0 Å². The first-order valence-corrected chi connectivity index (χ1v) is 5.51. The molecule has 17 heavy (non-hydrogen) atoms. The van der Waals surface area contributed by atoms with Gasteiger partial charge in [-0.15, -0.1) is 0 Å². The SMILES string of the molecule is CCCC(N)CC(=O)N(CCO)CC(F)(F)F. The molecule has 0 saturated heterocycles. The Kier molecular flexibility index (Phi) is 7.13. The minimum Gasteiger partial charge on any atom is -0.395 e. The Morgan fingerprint density at radius 3 is 2.47 bits per heavy atom. The average molecular weight is 256 g/mol. The Morgan fingerprint density at radius 2 is 2.06 bits per heavy atom. The first-order chi connectivity index (χ1) is 7.80. The molecule has 0 spiro atoms. The second-order valence-electron chi connectivity index (χ2n) is 3.91. The van der Waals surface area contributed by atoms with Crippen molar-refractivity contribution in [3.05, 3.63) is 0 Å². The van der Waals surface area contributed by atoms with Crippen LogP contribution in [0.15, 0.2) is 0 Å². The Morgan fingerprint density at radius 1 is 1.47 bits per heavy atom. The number of rotatable bonds is 7. The predicted molar refractivity (Wildman–Crippen MR) is 57.2 cm³/mol. The van der Waals surface area contributed by atoms with Gasteiger partial charge in [0, 0.05) is 19.0 Å². The summed E-state index contributed by atoms with van der Waals surface area (Å²) in [4.78, 5) is 12.1. The highest BCUT2D eigenvalue weighted by molar-refractivity contribution is 5.76. The number of nitrogens with two attached hydrogens (primary N) is 1. The van der Waals surface area contributed by atoms with Gasteiger partial charge in [-0.3, -0.25) is 4.79 Å². The van der Waals surface area contributed by atoms with Crippen molar-refractivity contribution in [3.63, 3.8) is 0 Å². The third-order valence-corrected chi connectivity index (χ3v) is 2.19. The molecule has 0 aliphatic heterocycles. The van der Waals surface area contributed by atoms with E-state index in [1.165, 1.54) is 0 Å². The zero-order chi connectivity index (χ0) is 13.5. The lowest BCUT2D eigenvalue weighted by molar-refractivity contribution is -0.162. The van der Waals surface area contributed by atoms with E-state index >= 15 is 0 Å². The first-order valence-electron chi connectivity index (χ1n) is 5.51. The Hall–Kier alpha value is -0.820. The Labute approximate surface area is 98.6 Å². The molecule has 0 aliphatic rings. The lowest BCUT2D eigenvalue weighted by Gasteiger charge is -2.24. The zero-order valence-corrected chi connectivity index (χ0v) is 9.83. The van der Waals surface area contributed by atoms with Crippen molar-refractivity contribution < 1.29 is 23.1 Å². The number of amides is 1. The number of carbonyl (C=O) groups excluding carboxylic acids is 1. The lowest BCUT2D eigenvalue weighted by Crippen LogP contribution is -2.42. The highest BCUT2D eigenvalue weighted by Gasteiger charge is 2.32. The van der Waals surface area contributed by atoms with E-state index in [0.717, 1.165) is 6.42 Å². The largest absolute Gasteiger partial charge is 0.406 e. The van der Waals surface area contributed by atoms with Gasteiger partial charge in [0.15, 0.2) is 0 Å². The van der Waals surface area contributed by atoms with E-state index in [9.17, 15) is 18.0 Å². The number of aliphatic hydroxyl groups excluding tert-OH is 1. The Bertz CT molecular complexity index is 234. The van der Waals surface area contributed by atoms with Gasteiger partial charge in [-0.05, 0) is 6.42 Å². The molecular weight excluding hydrogens is 237 g/mol. The fourth-order valence-electron chi connectivity index (χ4n) is 1.46. The van der Waals surface area contributed by atoms with E-state index in [-0.39, 0.29) is 13.0 Å². The van der Waals surface area contributed by atoms with Crippen molar-refractivity contribution in [2.45, 2.75) is 38.4 Å². The van der Waals surface area contributed by atoms with Crippen LogP contribution in [-0.2, 0) is 4.79 Å². The van der Waals surface area contributed by atoms with E-state index in [1.807, 2.05) is 6.92 Å². The van der Waals surface area contributed by atoms with Crippen molar-refractivity contribution >= 4 is 5.91 Å². The summed E-state index contributed by atoms with van der Waals surface area (Å²) < 4.78 is 36.5. The van der Waals surface area contributed by atoms with Gasteiger partial charge in [0.25, 0.3) is 0 Å². The van der Waals surface area contributed by atoms with Gasteiger partial charge >= 0.3 is 6.18 Å². The number of alkyl halides is 3. The number of hydrogen-bond donors (Lipinski definition) is 2. The van der Waals surface area contributed by atoms with Crippen molar-refractivity contribution in [2.24, 2.45) is 5.73 Å². The third kappa shape index (κ3) is 7.98. The summed E-state index contributed by atoms with van der Waals surface area (Å²) in [5.41, 5.74) is 5.59. The summed E-state index contributed by atoms with van der Waals surface area (Å²) in [6.45, 7) is -0.279. The smallest absolute Gasteiger partial charge is 0.395 e. The maximum Gasteiger partial charge on any atom is 0.406 e. The van der Waals surface area contributed by atoms with E-state index < -0.39 is 31.3 Å². The molecular formula is C10H19F3N2O2. The van der Waals surface area contributed by atoms with Crippen molar-refractivity contribution in [1.82, 2.24) is 4.90 Å². The number of hydrogen-bond acceptors (Lipinski definition) is 3. The highest BCUT2D eigenvalue weighted by Crippen LogP contribution is 2.17. The number of halogens is 3. The second kappa shape index (κ2) is 7.50. The van der Waals surface area contributed by atoms with Crippen molar-refractivity contribution in [1.29, 1.82) is 0 Å². The van der Waals surface area contributed by atoms with Crippen LogP contribution in [-0.4, -0.2) is 47.8 Å². The number of carbonyl (C=O) groups is 1.